The lowest BCUT2D eigenvalue weighted by Crippen LogP contribution is -2.17. The van der Waals surface area contributed by atoms with Gasteiger partial charge in [0.25, 0.3) is 0 Å². The van der Waals surface area contributed by atoms with Crippen LogP contribution in [0.25, 0.3) is 5.03 Å². The molecule has 1 unspecified atom stereocenters. The second-order valence-corrected chi connectivity index (χ2v) is 5.17. The average Bonchev–Trinajstić information content (AvgIpc) is 2.48. The average molecular weight is 285 g/mol. The van der Waals surface area contributed by atoms with Gasteiger partial charge in [0, 0.05) is 5.56 Å². The van der Waals surface area contributed by atoms with Crippen LogP contribution in [0, 0.1) is 6.92 Å². The Morgan fingerprint density at radius 2 is 1.80 bits per heavy atom. The second-order valence-electron chi connectivity index (χ2n) is 4.79. The number of benzene rings is 2. The molecule has 2 aromatic rings. The molecule has 1 aliphatic rings. The number of hydrogen-bond donors (Lipinski definition) is 0. The third-order valence-electron chi connectivity index (χ3n) is 3.41. The van der Waals surface area contributed by atoms with Crippen LogP contribution in [0.3, 0.4) is 0 Å². The number of rotatable bonds is 2. The van der Waals surface area contributed by atoms with Crippen LogP contribution in [0.5, 0.6) is 5.75 Å². The molecule has 0 saturated carbocycles. The monoisotopic (exact) mass is 284 g/mol. The first kappa shape index (κ1) is 12.9. The molecule has 1 atom stereocenters. The summed E-state index contributed by atoms with van der Waals surface area (Å²) in [6, 6.07) is 15.4. The molecular weight excluding hydrogens is 272 g/mol. The Morgan fingerprint density at radius 3 is 2.50 bits per heavy atom. The van der Waals surface area contributed by atoms with Crippen LogP contribution in [-0.2, 0) is 4.79 Å². The molecule has 20 heavy (non-hydrogen) atoms. The number of halogens is 1. The number of ether oxygens (including phenoxy) is 1. The highest BCUT2D eigenvalue weighted by Crippen LogP contribution is 2.42. The Bertz CT molecular complexity index is 686. The fourth-order valence-corrected chi connectivity index (χ4v) is 2.61. The van der Waals surface area contributed by atoms with Crippen molar-refractivity contribution < 1.29 is 9.53 Å². The zero-order valence-electron chi connectivity index (χ0n) is 11.0. The summed E-state index contributed by atoms with van der Waals surface area (Å²) in [4.78, 5) is 11.4. The molecule has 2 nitrogen and oxygen atoms in total. The fraction of sp³-hybridized carbons (Fsp3) is 0.118. The van der Waals surface area contributed by atoms with Crippen molar-refractivity contribution in [3.05, 3.63) is 70.8 Å². The number of aryl methyl sites for hydroxylation is 1. The summed E-state index contributed by atoms with van der Waals surface area (Å²) < 4.78 is 5.96. The first-order valence-corrected chi connectivity index (χ1v) is 6.76. The Morgan fingerprint density at radius 1 is 1.10 bits per heavy atom. The topological polar surface area (TPSA) is 26.3 Å². The molecule has 1 aliphatic heterocycles. The first-order chi connectivity index (χ1) is 9.70. The summed E-state index contributed by atoms with van der Waals surface area (Å²) in [6.07, 6.45) is 0.332. The molecule has 0 N–H and O–H groups in total. The highest BCUT2D eigenvalue weighted by molar-refractivity contribution is 6.51. The van der Waals surface area contributed by atoms with Crippen LogP contribution in [-0.4, -0.2) is 6.29 Å². The molecule has 0 bridgehead atoms. The molecule has 2 aromatic carbocycles. The number of carbonyl (C=O) groups is 1. The van der Waals surface area contributed by atoms with Crippen molar-refractivity contribution in [1.82, 2.24) is 0 Å². The van der Waals surface area contributed by atoms with Gasteiger partial charge in [0.2, 0.25) is 0 Å². The normalized spacial score (nSPS) is 17.4. The quantitative estimate of drug-likeness (QED) is 0.770. The number of carbonyl (C=O) groups excluding carboxylic acids is 1. The van der Waals surface area contributed by atoms with Gasteiger partial charge in [-0.2, -0.15) is 0 Å². The molecule has 0 aliphatic carbocycles. The molecule has 100 valence electrons. The summed E-state index contributed by atoms with van der Waals surface area (Å²) in [6.45, 7) is 2.02. The molecule has 0 saturated heterocycles. The van der Waals surface area contributed by atoms with Crippen LogP contribution >= 0.6 is 11.6 Å². The zero-order chi connectivity index (χ0) is 14.1. The lowest BCUT2D eigenvalue weighted by Gasteiger charge is -2.27. The lowest BCUT2D eigenvalue weighted by atomic mass is 9.96. The summed E-state index contributed by atoms with van der Waals surface area (Å²) in [7, 11) is 0. The molecule has 3 heteroatoms. The molecule has 0 spiro atoms. The molecule has 0 aromatic heterocycles. The minimum Gasteiger partial charge on any atom is -0.480 e. The predicted molar refractivity (Wildman–Crippen MR) is 79.8 cm³/mol. The standard InChI is InChI=1S/C17H13ClO2/c1-11-6-8-12(9-7-11)17-14(10-19)16(18)13-4-2-3-5-15(13)20-17/h2-10,17H,1H3. The van der Waals surface area contributed by atoms with E-state index in [-0.39, 0.29) is 0 Å². The van der Waals surface area contributed by atoms with Gasteiger partial charge in [-0.1, -0.05) is 53.6 Å². The van der Waals surface area contributed by atoms with Crippen molar-refractivity contribution in [2.75, 3.05) is 0 Å². The van der Waals surface area contributed by atoms with Gasteiger partial charge in [-0.05, 0) is 24.6 Å². The SMILES string of the molecule is Cc1ccc(C2Oc3ccccc3C(Cl)=C2C=O)cc1. The van der Waals surface area contributed by atoms with Gasteiger partial charge < -0.3 is 4.74 Å². The van der Waals surface area contributed by atoms with Crippen LogP contribution in [0.1, 0.15) is 22.8 Å². The maximum absolute atomic E-state index is 11.4. The van der Waals surface area contributed by atoms with Crippen molar-refractivity contribution in [3.8, 4) is 5.75 Å². The summed E-state index contributed by atoms with van der Waals surface area (Å²) in [5.41, 5.74) is 3.31. The lowest BCUT2D eigenvalue weighted by molar-refractivity contribution is -0.105. The van der Waals surface area contributed by atoms with E-state index in [1.807, 2.05) is 55.5 Å². The van der Waals surface area contributed by atoms with Crippen molar-refractivity contribution >= 4 is 22.9 Å². The van der Waals surface area contributed by atoms with Gasteiger partial charge >= 0.3 is 0 Å². The van der Waals surface area contributed by atoms with Gasteiger partial charge in [0.1, 0.15) is 5.75 Å². The highest BCUT2D eigenvalue weighted by Gasteiger charge is 2.28. The number of fused-ring (bicyclic) bond motifs is 1. The summed E-state index contributed by atoms with van der Waals surface area (Å²) in [5.74, 6) is 0.702. The number of aldehydes is 1. The van der Waals surface area contributed by atoms with Crippen molar-refractivity contribution in [1.29, 1.82) is 0 Å². The van der Waals surface area contributed by atoms with E-state index in [0.717, 1.165) is 23.0 Å². The van der Waals surface area contributed by atoms with E-state index in [2.05, 4.69) is 0 Å². The summed E-state index contributed by atoms with van der Waals surface area (Å²) >= 11 is 6.36. The van der Waals surface area contributed by atoms with E-state index in [1.165, 1.54) is 0 Å². The summed E-state index contributed by atoms with van der Waals surface area (Å²) in [5, 5.41) is 0.465. The van der Waals surface area contributed by atoms with Gasteiger partial charge in [-0.15, -0.1) is 0 Å². The fourth-order valence-electron chi connectivity index (χ4n) is 2.31. The van der Waals surface area contributed by atoms with Crippen LogP contribution < -0.4 is 4.74 Å². The molecule has 0 fully saturated rings. The largest absolute Gasteiger partial charge is 0.480 e. The maximum atomic E-state index is 11.4. The second kappa shape index (κ2) is 5.14. The Kier molecular flexibility index (Phi) is 3.33. The molecular formula is C17H13ClO2. The van der Waals surface area contributed by atoms with Crippen molar-refractivity contribution in [3.63, 3.8) is 0 Å². The number of para-hydroxylation sites is 1. The molecule has 0 radical (unpaired) electrons. The third-order valence-corrected chi connectivity index (χ3v) is 3.83. The van der Waals surface area contributed by atoms with Gasteiger partial charge in [-0.3, -0.25) is 4.79 Å². The highest BCUT2D eigenvalue weighted by atomic mass is 35.5. The van der Waals surface area contributed by atoms with Gasteiger partial charge in [-0.25, -0.2) is 0 Å². The van der Waals surface area contributed by atoms with E-state index in [4.69, 9.17) is 16.3 Å². The van der Waals surface area contributed by atoms with Gasteiger partial charge in [0.15, 0.2) is 12.4 Å². The van der Waals surface area contributed by atoms with Gasteiger partial charge in [0.05, 0.1) is 10.6 Å². The Balaban J connectivity index is 2.12. The Hall–Kier alpha value is -2.06. The van der Waals surface area contributed by atoms with E-state index < -0.39 is 6.10 Å². The van der Waals surface area contributed by atoms with E-state index in [9.17, 15) is 4.79 Å². The minimum absolute atomic E-state index is 0.449. The van der Waals surface area contributed by atoms with E-state index in [0.29, 0.717) is 16.4 Å². The minimum atomic E-state index is -0.449. The van der Waals surface area contributed by atoms with Crippen LogP contribution in [0.2, 0.25) is 0 Å². The van der Waals surface area contributed by atoms with Crippen molar-refractivity contribution in [2.24, 2.45) is 0 Å². The zero-order valence-corrected chi connectivity index (χ0v) is 11.7. The van der Waals surface area contributed by atoms with Crippen molar-refractivity contribution in [2.45, 2.75) is 13.0 Å². The Labute approximate surface area is 122 Å². The van der Waals surface area contributed by atoms with E-state index in [1.54, 1.807) is 0 Å². The van der Waals surface area contributed by atoms with E-state index >= 15 is 0 Å². The number of hydrogen-bond acceptors (Lipinski definition) is 2. The maximum Gasteiger partial charge on any atom is 0.153 e. The van der Waals surface area contributed by atoms with Crippen LogP contribution in [0.4, 0.5) is 0 Å². The predicted octanol–water partition coefficient (Wildman–Crippen LogP) is 4.28. The molecule has 1 heterocycles. The van der Waals surface area contributed by atoms with Crippen LogP contribution in [0.15, 0.2) is 54.1 Å². The smallest absolute Gasteiger partial charge is 0.153 e. The third kappa shape index (κ3) is 2.12. The molecule has 3 rings (SSSR count). The first-order valence-electron chi connectivity index (χ1n) is 6.38. The molecule has 0 amide bonds.